The van der Waals surface area contributed by atoms with Crippen LogP contribution in [0.15, 0.2) is 42.5 Å². The molecule has 0 unspecified atom stereocenters. The van der Waals surface area contributed by atoms with Crippen LogP contribution in [-0.2, 0) is 6.18 Å². The van der Waals surface area contributed by atoms with Crippen molar-refractivity contribution < 1.29 is 27.4 Å². The van der Waals surface area contributed by atoms with Crippen LogP contribution in [0.4, 0.5) is 13.2 Å². The number of carbonyl (C=O) groups excluding carboxylic acids is 1. The van der Waals surface area contributed by atoms with Gasteiger partial charge in [-0.3, -0.25) is 4.79 Å². The number of ether oxygens (including phenoxy) is 2. The fourth-order valence-electron chi connectivity index (χ4n) is 2.03. The first-order valence-corrected chi connectivity index (χ1v) is 6.31. The lowest BCUT2D eigenvalue weighted by Crippen LogP contribution is -2.08. The fourth-order valence-corrected chi connectivity index (χ4v) is 2.03. The van der Waals surface area contributed by atoms with E-state index in [1.165, 1.54) is 20.3 Å². The second kappa shape index (κ2) is 6.09. The number of hydrogen-bond acceptors (Lipinski definition) is 3. The smallest absolute Gasteiger partial charge is 0.416 e. The number of alkyl halides is 3. The van der Waals surface area contributed by atoms with Crippen LogP contribution in [0.5, 0.6) is 11.5 Å². The van der Waals surface area contributed by atoms with Gasteiger partial charge in [0.1, 0.15) is 0 Å². The van der Waals surface area contributed by atoms with E-state index in [1.54, 1.807) is 12.1 Å². The van der Waals surface area contributed by atoms with Gasteiger partial charge in [0.2, 0.25) is 0 Å². The molecule has 0 aliphatic heterocycles. The highest BCUT2D eigenvalue weighted by Crippen LogP contribution is 2.33. The minimum Gasteiger partial charge on any atom is -0.493 e. The van der Waals surface area contributed by atoms with Crippen LogP contribution in [0.1, 0.15) is 21.5 Å². The predicted octanol–water partition coefficient (Wildman–Crippen LogP) is 3.95. The van der Waals surface area contributed by atoms with Crippen molar-refractivity contribution in [2.75, 3.05) is 14.2 Å². The third-order valence-corrected chi connectivity index (χ3v) is 3.12. The molecule has 2 aromatic carbocycles. The van der Waals surface area contributed by atoms with Crippen molar-refractivity contribution in [2.45, 2.75) is 6.18 Å². The molecule has 0 bridgehead atoms. The van der Waals surface area contributed by atoms with E-state index in [-0.39, 0.29) is 16.9 Å². The molecular formula is C16H13F3O3. The van der Waals surface area contributed by atoms with Gasteiger partial charge in [-0.1, -0.05) is 18.2 Å². The molecule has 3 nitrogen and oxygen atoms in total. The van der Waals surface area contributed by atoms with E-state index in [4.69, 9.17) is 9.47 Å². The van der Waals surface area contributed by atoms with Gasteiger partial charge in [0.15, 0.2) is 17.3 Å². The minimum absolute atomic E-state index is 0.138. The number of benzene rings is 2. The molecule has 0 aliphatic rings. The third-order valence-electron chi connectivity index (χ3n) is 3.12. The lowest BCUT2D eigenvalue weighted by atomic mass is 10.0. The molecule has 0 radical (unpaired) electrons. The first-order chi connectivity index (χ1) is 10.4. The van der Waals surface area contributed by atoms with Gasteiger partial charge in [0.25, 0.3) is 0 Å². The van der Waals surface area contributed by atoms with E-state index in [0.717, 1.165) is 24.3 Å². The Bertz CT molecular complexity index is 676. The topological polar surface area (TPSA) is 35.5 Å². The molecule has 2 rings (SSSR count). The summed E-state index contributed by atoms with van der Waals surface area (Å²) in [5, 5.41) is 0. The highest BCUT2D eigenvalue weighted by atomic mass is 19.4. The summed E-state index contributed by atoms with van der Waals surface area (Å²) in [6, 6.07) is 8.80. The Labute approximate surface area is 125 Å². The number of ketones is 1. The van der Waals surface area contributed by atoms with Gasteiger partial charge in [-0.15, -0.1) is 0 Å². The Morgan fingerprint density at radius 1 is 0.955 bits per heavy atom. The number of para-hydroxylation sites is 1. The first kappa shape index (κ1) is 15.9. The summed E-state index contributed by atoms with van der Waals surface area (Å²) in [5.74, 6) is 0.180. The van der Waals surface area contributed by atoms with Crippen molar-refractivity contribution in [2.24, 2.45) is 0 Å². The fraction of sp³-hybridized carbons (Fsp3) is 0.188. The summed E-state index contributed by atoms with van der Waals surface area (Å²) < 4.78 is 47.9. The summed E-state index contributed by atoms with van der Waals surface area (Å²) in [4.78, 5) is 12.4. The average Bonchev–Trinajstić information content (AvgIpc) is 2.52. The van der Waals surface area contributed by atoms with E-state index < -0.39 is 17.5 Å². The van der Waals surface area contributed by atoms with Gasteiger partial charge in [0, 0.05) is 5.56 Å². The van der Waals surface area contributed by atoms with Crippen molar-refractivity contribution in [3.63, 3.8) is 0 Å². The zero-order valence-electron chi connectivity index (χ0n) is 11.9. The highest BCUT2D eigenvalue weighted by molar-refractivity contribution is 6.11. The van der Waals surface area contributed by atoms with Crippen molar-refractivity contribution in [3.8, 4) is 11.5 Å². The summed E-state index contributed by atoms with van der Waals surface area (Å²) >= 11 is 0. The zero-order valence-corrected chi connectivity index (χ0v) is 11.9. The first-order valence-electron chi connectivity index (χ1n) is 6.31. The van der Waals surface area contributed by atoms with E-state index in [9.17, 15) is 18.0 Å². The second-order valence-corrected chi connectivity index (χ2v) is 4.45. The predicted molar refractivity (Wildman–Crippen MR) is 74.4 cm³/mol. The molecule has 2 aromatic rings. The quantitative estimate of drug-likeness (QED) is 0.802. The highest BCUT2D eigenvalue weighted by Gasteiger charge is 2.30. The number of rotatable bonds is 4. The van der Waals surface area contributed by atoms with Crippen LogP contribution in [0.2, 0.25) is 0 Å². The largest absolute Gasteiger partial charge is 0.493 e. The lowest BCUT2D eigenvalue weighted by Gasteiger charge is -2.12. The molecule has 0 fully saturated rings. The van der Waals surface area contributed by atoms with Gasteiger partial charge in [0.05, 0.1) is 25.3 Å². The maximum absolute atomic E-state index is 12.5. The van der Waals surface area contributed by atoms with Crippen molar-refractivity contribution in [1.82, 2.24) is 0 Å². The van der Waals surface area contributed by atoms with Crippen molar-refractivity contribution in [3.05, 3.63) is 59.2 Å². The SMILES string of the molecule is COc1cccc(C(=O)c2ccc(C(F)(F)F)cc2)c1OC. The Hall–Kier alpha value is -2.50. The van der Waals surface area contributed by atoms with Crippen LogP contribution in [0.25, 0.3) is 0 Å². The molecule has 0 saturated heterocycles. The molecule has 0 amide bonds. The standard InChI is InChI=1S/C16H13F3O3/c1-21-13-5-3-4-12(15(13)22-2)14(20)10-6-8-11(9-7-10)16(17,18)19/h3-9H,1-2H3. The molecule has 0 saturated carbocycles. The van der Waals surface area contributed by atoms with E-state index in [0.29, 0.717) is 5.75 Å². The minimum atomic E-state index is -4.44. The number of methoxy groups -OCH3 is 2. The molecule has 0 heterocycles. The van der Waals surface area contributed by atoms with Crippen molar-refractivity contribution in [1.29, 1.82) is 0 Å². The summed E-state index contributed by atoms with van der Waals surface area (Å²) in [7, 11) is 2.83. The van der Waals surface area contributed by atoms with Crippen LogP contribution < -0.4 is 9.47 Å². The van der Waals surface area contributed by atoms with Gasteiger partial charge < -0.3 is 9.47 Å². The summed E-state index contributed by atoms with van der Waals surface area (Å²) in [6.45, 7) is 0. The van der Waals surface area contributed by atoms with Crippen LogP contribution in [0, 0.1) is 0 Å². The van der Waals surface area contributed by atoms with Gasteiger partial charge >= 0.3 is 6.18 Å². The molecule has 0 atom stereocenters. The third kappa shape index (κ3) is 3.05. The van der Waals surface area contributed by atoms with Gasteiger partial charge in [-0.05, 0) is 24.3 Å². The molecule has 0 N–H and O–H groups in total. The van der Waals surface area contributed by atoms with E-state index in [2.05, 4.69) is 0 Å². The zero-order chi connectivity index (χ0) is 16.3. The monoisotopic (exact) mass is 310 g/mol. The molecule has 22 heavy (non-hydrogen) atoms. The molecular weight excluding hydrogens is 297 g/mol. The van der Waals surface area contributed by atoms with Gasteiger partial charge in [-0.2, -0.15) is 13.2 Å². The Kier molecular flexibility index (Phi) is 4.40. The van der Waals surface area contributed by atoms with E-state index >= 15 is 0 Å². The maximum Gasteiger partial charge on any atom is 0.416 e. The Morgan fingerprint density at radius 2 is 1.59 bits per heavy atom. The molecule has 0 spiro atoms. The summed E-state index contributed by atoms with van der Waals surface area (Å²) in [6.07, 6.45) is -4.44. The second-order valence-electron chi connectivity index (χ2n) is 4.45. The van der Waals surface area contributed by atoms with Crippen LogP contribution in [0.3, 0.4) is 0 Å². The van der Waals surface area contributed by atoms with Gasteiger partial charge in [-0.25, -0.2) is 0 Å². The van der Waals surface area contributed by atoms with E-state index in [1.807, 2.05) is 0 Å². The van der Waals surface area contributed by atoms with Crippen molar-refractivity contribution >= 4 is 5.78 Å². The van der Waals surface area contributed by atoms with Crippen LogP contribution in [-0.4, -0.2) is 20.0 Å². The number of hydrogen-bond donors (Lipinski definition) is 0. The normalized spacial score (nSPS) is 11.1. The summed E-state index contributed by atoms with van der Waals surface area (Å²) in [5.41, 5.74) is -0.442. The maximum atomic E-state index is 12.5. The average molecular weight is 310 g/mol. The van der Waals surface area contributed by atoms with Crippen LogP contribution >= 0.6 is 0 Å². The number of carbonyl (C=O) groups is 1. The Balaban J connectivity index is 2.40. The molecule has 6 heteroatoms. The number of halogens is 3. The molecule has 0 aliphatic carbocycles. The Morgan fingerprint density at radius 3 is 2.09 bits per heavy atom. The lowest BCUT2D eigenvalue weighted by molar-refractivity contribution is -0.137. The molecule has 116 valence electrons. The molecule has 0 aromatic heterocycles.